The van der Waals surface area contributed by atoms with E-state index in [-0.39, 0.29) is 30.1 Å². The summed E-state index contributed by atoms with van der Waals surface area (Å²) in [5.74, 6) is -0.741. The number of hydrogen-bond acceptors (Lipinski definition) is 4. The number of benzene rings is 2. The molecule has 2 unspecified atom stereocenters. The van der Waals surface area contributed by atoms with Crippen molar-refractivity contribution in [2.75, 3.05) is 0 Å². The lowest BCUT2D eigenvalue weighted by molar-refractivity contribution is -0.0328. The number of esters is 2. The average Bonchev–Trinajstić information content (AvgIpc) is 2.84. The molecule has 0 amide bonds. The smallest absolute Gasteiger partial charge is 0.338 e. The minimum absolute atomic E-state index is 0.105. The lowest BCUT2D eigenvalue weighted by atomic mass is 9.91. The van der Waals surface area contributed by atoms with E-state index >= 15 is 0 Å². The van der Waals surface area contributed by atoms with Crippen LogP contribution in [-0.4, -0.2) is 24.1 Å². The van der Waals surface area contributed by atoms with Gasteiger partial charge in [0.2, 0.25) is 0 Å². The van der Waals surface area contributed by atoms with Crippen molar-refractivity contribution in [3.8, 4) is 0 Å². The Hall–Kier alpha value is -2.62. The molecule has 4 heteroatoms. The molecule has 2 aromatic carbocycles. The van der Waals surface area contributed by atoms with Gasteiger partial charge in [-0.15, -0.1) is 0 Å². The van der Waals surface area contributed by atoms with Gasteiger partial charge in [-0.3, -0.25) is 0 Å². The van der Waals surface area contributed by atoms with Crippen LogP contribution in [0.1, 0.15) is 105 Å². The van der Waals surface area contributed by atoms with Crippen molar-refractivity contribution in [3.63, 3.8) is 0 Å². The first-order valence-corrected chi connectivity index (χ1v) is 13.0. The number of aryl methyl sites for hydroxylation is 2. The summed E-state index contributed by atoms with van der Waals surface area (Å²) < 4.78 is 11.9. The van der Waals surface area contributed by atoms with Gasteiger partial charge >= 0.3 is 11.9 Å². The predicted octanol–water partition coefficient (Wildman–Crippen LogP) is 7.58. The molecular formula is C30H42O4. The second-order valence-corrected chi connectivity index (χ2v) is 9.22. The van der Waals surface area contributed by atoms with Crippen molar-refractivity contribution in [3.05, 3.63) is 70.8 Å². The number of ether oxygens (including phenoxy) is 2. The van der Waals surface area contributed by atoms with Crippen LogP contribution in [0.5, 0.6) is 0 Å². The summed E-state index contributed by atoms with van der Waals surface area (Å²) in [6.07, 6.45) is 6.71. The van der Waals surface area contributed by atoms with E-state index in [9.17, 15) is 9.59 Å². The van der Waals surface area contributed by atoms with Gasteiger partial charge in [0.25, 0.3) is 0 Å². The maximum Gasteiger partial charge on any atom is 0.338 e. The van der Waals surface area contributed by atoms with E-state index in [1.54, 1.807) is 0 Å². The van der Waals surface area contributed by atoms with Crippen LogP contribution in [0.25, 0.3) is 0 Å². The van der Waals surface area contributed by atoms with Crippen LogP contribution in [-0.2, 0) is 22.3 Å². The Balaban J connectivity index is 2.09. The number of carbonyl (C=O) groups excluding carboxylic acids is 2. The minimum atomic E-state index is -0.318. The summed E-state index contributed by atoms with van der Waals surface area (Å²) in [6, 6.07) is 15.3. The van der Waals surface area contributed by atoms with E-state index in [0.717, 1.165) is 51.4 Å². The molecule has 2 rings (SSSR count). The molecule has 2 aromatic rings. The van der Waals surface area contributed by atoms with Crippen molar-refractivity contribution >= 4 is 11.9 Å². The Morgan fingerprint density at radius 1 is 0.618 bits per heavy atom. The van der Waals surface area contributed by atoms with Crippen LogP contribution in [0.15, 0.2) is 48.5 Å². The zero-order chi connectivity index (χ0) is 24.9. The van der Waals surface area contributed by atoms with Crippen molar-refractivity contribution in [2.24, 2.45) is 5.92 Å². The molecule has 0 aliphatic rings. The standard InChI is InChI=1S/C30H42O4/c1-6-10-23-14-18-25(19-15-23)29(31)33-27(12-8-3)22(5)28(13-9-4)34-30(32)26-20-16-24(11-7-2)17-21-26/h14-22,27-28H,6-13H2,1-5H3. The largest absolute Gasteiger partial charge is 0.458 e. The Bertz CT molecular complexity index is 796. The quantitative estimate of drug-likeness (QED) is 0.269. The van der Waals surface area contributed by atoms with Crippen LogP contribution in [0.4, 0.5) is 0 Å². The number of carbonyl (C=O) groups is 2. The van der Waals surface area contributed by atoms with Gasteiger partial charge in [0, 0.05) is 5.92 Å². The normalized spacial score (nSPS) is 13.7. The molecule has 0 saturated carbocycles. The molecule has 0 heterocycles. The van der Waals surface area contributed by atoms with E-state index in [4.69, 9.17) is 9.47 Å². The number of rotatable bonds is 14. The Morgan fingerprint density at radius 3 is 1.26 bits per heavy atom. The highest BCUT2D eigenvalue weighted by Crippen LogP contribution is 2.25. The molecule has 0 aliphatic heterocycles. The monoisotopic (exact) mass is 466 g/mol. The van der Waals surface area contributed by atoms with Crippen molar-refractivity contribution in [1.82, 2.24) is 0 Å². The Kier molecular flexibility index (Phi) is 11.9. The molecule has 2 atom stereocenters. The summed E-state index contributed by atoms with van der Waals surface area (Å²) >= 11 is 0. The highest BCUT2D eigenvalue weighted by atomic mass is 16.6. The Labute approximate surface area is 206 Å². The molecule has 186 valence electrons. The average molecular weight is 467 g/mol. The summed E-state index contributed by atoms with van der Waals surface area (Å²) in [7, 11) is 0. The van der Waals surface area contributed by atoms with E-state index in [1.807, 2.05) is 55.5 Å². The van der Waals surface area contributed by atoms with Gasteiger partial charge < -0.3 is 9.47 Å². The van der Waals surface area contributed by atoms with Crippen molar-refractivity contribution in [1.29, 1.82) is 0 Å². The van der Waals surface area contributed by atoms with Gasteiger partial charge in [-0.2, -0.15) is 0 Å². The zero-order valence-corrected chi connectivity index (χ0v) is 21.6. The fourth-order valence-corrected chi connectivity index (χ4v) is 4.27. The van der Waals surface area contributed by atoms with E-state index in [1.165, 1.54) is 11.1 Å². The molecule has 0 radical (unpaired) electrons. The highest BCUT2D eigenvalue weighted by molar-refractivity contribution is 5.90. The van der Waals surface area contributed by atoms with Crippen LogP contribution < -0.4 is 0 Å². The second kappa shape index (κ2) is 14.6. The topological polar surface area (TPSA) is 52.6 Å². The first kappa shape index (κ1) is 27.6. The first-order valence-electron chi connectivity index (χ1n) is 13.0. The lowest BCUT2D eigenvalue weighted by Crippen LogP contribution is -2.36. The van der Waals surface area contributed by atoms with E-state index < -0.39 is 0 Å². The third-order valence-corrected chi connectivity index (χ3v) is 6.29. The molecule has 0 spiro atoms. The van der Waals surface area contributed by atoms with Gasteiger partial charge in [0.15, 0.2) is 0 Å². The highest BCUT2D eigenvalue weighted by Gasteiger charge is 2.31. The van der Waals surface area contributed by atoms with Gasteiger partial charge in [-0.1, -0.05) is 84.6 Å². The van der Waals surface area contributed by atoms with Gasteiger partial charge in [-0.05, 0) is 61.1 Å². The molecule has 0 N–H and O–H groups in total. The molecule has 0 aliphatic carbocycles. The first-order chi connectivity index (χ1) is 16.4. The fourth-order valence-electron chi connectivity index (χ4n) is 4.27. The van der Waals surface area contributed by atoms with Crippen LogP contribution in [0.3, 0.4) is 0 Å². The predicted molar refractivity (Wildman–Crippen MR) is 138 cm³/mol. The third-order valence-electron chi connectivity index (χ3n) is 6.29. The van der Waals surface area contributed by atoms with Crippen LogP contribution >= 0.6 is 0 Å². The van der Waals surface area contributed by atoms with E-state index in [0.29, 0.717) is 11.1 Å². The molecule has 0 fully saturated rings. The third kappa shape index (κ3) is 8.30. The summed E-state index contributed by atoms with van der Waals surface area (Å²) in [4.78, 5) is 25.8. The maximum absolute atomic E-state index is 12.9. The molecule has 0 bridgehead atoms. The molecule has 4 nitrogen and oxygen atoms in total. The van der Waals surface area contributed by atoms with Crippen molar-refractivity contribution < 1.29 is 19.1 Å². The second-order valence-electron chi connectivity index (χ2n) is 9.22. The maximum atomic E-state index is 12.9. The van der Waals surface area contributed by atoms with Crippen molar-refractivity contribution in [2.45, 2.75) is 98.2 Å². The number of hydrogen-bond donors (Lipinski definition) is 0. The van der Waals surface area contributed by atoms with Gasteiger partial charge in [0.05, 0.1) is 11.1 Å². The zero-order valence-electron chi connectivity index (χ0n) is 21.6. The summed E-state index contributed by atoms with van der Waals surface area (Å²) in [5.41, 5.74) is 3.55. The molecular weight excluding hydrogens is 424 g/mol. The van der Waals surface area contributed by atoms with Gasteiger partial charge in [0.1, 0.15) is 12.2 Å². The lowest BCUT2D eigenvalue weighted by Gasteiger charge is -2.30. The SMILES string of the molecule is CCCc1ccc(C(=O)OC(CCC)C(C)C(CCC)OC(=O)c2ccc(CCC)cc2)cc1. The fraction of sp³-hybridized carbons (Fsp3) is 0.533. The summed E-state index contributed by atoms with van der Waals surface area (Å²) in [6.45, 7) is 10.5. The van der Waals surface area contributed by atoms with Crippen LogP contribution in [0.2, 0.25) is 0 Å². The Morgan fingerprint density at radius 2 is 0.971 bits per heavy atom. The van der Waals surface area contributed by atoms with Crippen LogP contribution in [0, 0.1) is 5.92 Å². The molecule has 34 heavy (non-hydrogen) atoms. The minimum Gasteiger partial charge on any atom is -0.458 e. The van der Waals surface area contributed by atoms with Gasteiger partial charge in [-0.25, -0.2) is 9.59 Å². The molecule has 0 aromatic heterocycles. The molecule has 0 saturated heterocycles. The van der Waals surface area contributed by atoms with E-state index in [2.05, 4.69) is 27.7 Å². The summed E-state index contributed by atoms with van der Waals surface area (Å²) in [5, 5.41) is 0.